The summed E-state index contributed by atoms with van der Waals surface area (Å²) in [6, 6.07) is 11.0. The molecule has 0 spiro atoms. The summed E-state index contributed by atoms with van der Waals surface area (Å²) in [5, 5.41) is 7.62. The Labute approximate surface area is 114 Å². The Balaban J connectivity index is 1.45. The molecule has 1 aromatic rings. The molecule has 3 rings (SSSR count). The maximum atomic E-state index is 5.38. The number of rotatable bonds is 3. The first kappa shape index (κ1) is 12.0. The van der Waals surface area contributed by atoms with E-state index in [-0.39, 0.29) is 0 Å². The summed E-state index contributed by atoms with van der Waals surface area (Å²) >= 11 is 5.38. The molecule has 0 saturated heterocycles. The standard InChI is InChI=1S/C15H20N2S/c18-15(16-10-11-4-2-1-3-5-11)17-14-9-12-6-7-13(14)8-12/h1-5,12-14H,6-10H2,(H2,16,17,18)/t12-,13+,14+/m0/s1. The van der Waals surface area contributed by atoms with Gasteiger partial charge >= 0.3 is 0 Å². The zero-order valence-electron chi connectivity index (χ0n) is 10.6. The summed E-state index contributed by atoms with van der Waals surface area (Å²) in [6.07, 6.45) is 5.56. The van der Waals surface area contributed by atoms with Crippen LogP contribution in [0.15, 0.2) is 30.3 Å². The minimum Gasteiger partial charge on any atom is -0.360 e. The molecule has 0 heterocycles. The Kier molecular flexibility index (Phi) is 3.50. The van der Waals surface area contributed by atoms with Crippen LogP contribution in [0.2, 0.25) is 0 Å². The summed E-state index contributed by atoms with van der Waals surface area (Å²) in [4.78, 5) is 0. The summed E-state index contributed by atoms with van der Waals surface area (Å²) in [5.74, 6) is 1.83. The Bertz CT molecular complexity index is 418. The highest BCUT2D eigenvalue weighted by Crippen LogP contribution is 2.44. The minimum atomic E-state index is 0.625. The van der Waals surface area contributed by atoms with Crippen molar-refractivity contribution in [2.75, 3.05) is 0 Å². The molecule has 2 fully saturated rings. The van der Waals surface area contributed by atoms with Gasteiger partial charge in [-0.15, -0.1) is 0 Å². The van der Waals surface area contributed by atoms with Crippen molar-refractivity contribution in [2.24, 2.45) is 11.8 Å². The third-order valence-electron chi connectivity index (χ3n) is 4.35. The van der Waals surface area contributed by atoms with Crippen molar-refractivity contribution >= 4 is 17.3 Å². The molecule has 2 aliphatic carbocycles. The van der Waals surface area contributed by atoms with Crippen molar-refractivity contribution in [3.8, 4) is 0 Å². The molecule has 2 bridgehead atoms. The van der Waals surface area contributed by atoms with Crippen LogP contribution in [0.1, 0.15) is 31.2 Å². The molecule has 2 aliphatic rings. The van der Waals surface area contributed by atoms with E-state index in [1.807, 2.05) is 6.07 Å². The highest BCUT2D eigenvalue weighted by atomic mass is 32.1. The molecule has 1 aromatic carbocycles. The summed E-state index contributed by atoms with van der Waals surface area (Å²) in [6.45, 7) is 0.813. The van der Waals surface area contributed by atoms with E-state index in [4.69, 9.17) is 12.2 Å². The molecule has 0 aliphatic heterocycles. The third-order valence-corrected chi connectivity index (χ3v) is 4.61. The van der Waals surface area contributed by atoms with E-state index in [1.165, 1.54) is 31.2 Å². The molecule has 2 nitrogen and oxygen atoms in total. The van der Waals surface area contributed by atoms with Crippen molar-refractivity contribution in [3.05, 3.63) is 35.9 Å². The Morgan fingerprint density at radius 3 is 2.67 bits per heavy atom. The van der Waals surface area contributed by atoms with E-state index in [2.05, 4.69) is 34.9 Å². The van der Waals surface area contributed by atoms with E-state index in [1.54, 1.807) is 0 Å². The average molecular weight is 260 g/mol. The molecule has 96 valence electrons. The number of hydrogen-bond donors (Lipinski definition) is 2. The molecule has 2 saturated carbocycles. The molecule has 0 aromatic heterocycles. The van der Waals surface area contributed by atoms with E-state index < -0.39 is 0 Å². The van der Waals surface area contributed by atoms with Gasteiger partial charge in [-0.25, -0.2) is 0 Å². The second-order valence-electron chi connectivity index (χ2n) is 5.59. The van der Waals surface area contributed by atoms with Gasteiger partial charge in [0, 0.05) is 12.6 Å². The predicted octanol–water partition coefficient (Wildman–Crippen LogP) is 2.84. The van der Waals surface area contributed by atoms with Gasteiger partial charge in [-0.2, -0.15) is 0 Å². The molecule has 3 heteroatoms. The van der Waals surface area contributed by atoms with Crippen LogP contribution in [0.25, 0.3) is 0 Å². The minimum absolute atomic E-state index is 0.625. The van der Waals surface area contributed by atoms with Crippen molar-refractivity contribution < 1.29 is 0 Å². The van der Waals surface area contributed by atoms with Gasteiger partial charge in [-0.1, -0.05) is 36.8 Å². The van der Waals surface area contributed by atoms with E-state index >= 15 is 0 Å². The van der Waals surface area contributed by atoms with E-state index in [0.29, 0.717) is 6.04 Å². The molecule has 0 unspecified atom stereocenters. The van der Waals surface area contributed by atoms with Gasteiger partial charge in [0.2, 0.25) is 0 Å². The normalized spacial score (nSPS) is 29.2. The largest absolute Gasteiger partial charge is 0.360 e. The fourth-order valence-electron chi connectivity index (χ4n) is 3.42. The van der Waals surface area contributed by atoms with E-state index in [9.17, 15) is 0 Å². The van der Waals surface area contributed by atoms with Crippen LogP contribution in [-0.2, 0) is 6.54 Å². The Hall–Kier alpha value is -1.09. The average Bonchev–Trinajstić information content (AvgIpc) is 3.00. The second-order valence-corrected chi connectivity index (χ2v) is 6.00. The number of hydrogen-bond acceptors (Lipinski definition) is 1. The molecular formula is C15H20N2S. The molecule has 0 radical (unpaired) electrons. The molecule has 0 amide bonds. The van der Waals surface area contributed by atoms with Crippen molar-refractivity contribution in [3.63, 3.8) is 0 Å². The first-order valence-corrected chi connectivity index (χ1v) is 7.30. The smallest absolute Gasteiger partial charge is 0.166 e. The third kappa shape index (κ3) is 2.66. The SMILES string of the molecule is S=C(NCc1ccccc1)N[C@@H]1C[C@H]2CC[C@@H]1C2. The zero-order chi connectivity index (χ0) is 12.4. The van der Waals surface area contributed by atoms with Crippen molar-refractivity contribution in [1.82, 2.24) is 10.6 Å². The van der Waals surface area contributed by atoms with Gasteiger partial charge in [0.1, 0.15) is 0 Å². The number of nitrogens with one attached hydrogen (secondary N) is 2. The molecule has 3 atom stereocenters. The number of benzene rings is 1. The topological polar surface area (TPSA) is 24.1 Å². The maximum Gasteiger partial charge on any atom is 0.166 e. The quantitative estimate of drug-likeness (QED) is 0.817. The van der Waals surface area contributed by atoms with Crippen molar-refractivity contribution in [1.29, 1.82) is 0 Å². The first-order valence-electron chi connectivity index (χ1n) is 6.89. The van der Waals surface area contributed by atoms with Gasteiger partial charge < -0.3 is 10.6 Å². The molecule has 18 heavy (non-hydrogen) atoms. The van der Waals surface area contributed by atoms with Crippen LogP contribution in [-0.4, -0.2) is 11.2 Å². The number of fused-ring (bicyclic) bond motifs is 2. The highest BCUT2D eigenvalue weighted by molar-refractivity contribution is 7.80. The Morgan fingerprint density at radius 2 is 2.00 bits per heavy atom. The van der Waals surface area contributed by atoms with E-state index in [0.717, 1.165) is 23.5 Å². The van der Waals surface area contributed by atoms with Gasteiger partial charge in [-0.3, -0.25) is 0 Å². The predicted molar refractivity (Wildman–Crippen MR) is 78.3 cm³/mol. The molecule has 2 N–H and O–H groups in total. The summed E-state index contributed by atoms with van der Waals surface area (Å²) in [5.41, 5.74) is 1.27. The van der Waals surface area contributed by atoms with Crippen LogP contribution >= 0.6 is 12.2 Å². The van der Waals surface area contributed by atoms with Gasteiger partial charge in [0.15, 0.2) is 5.11 Å². The lowest BCUT2D eigenvalue weighted by atomic mass is 9.96. The summed E-state index contributed by atoms with van der Waals surface area (Å²) in [7, 11) is 0. The van der Waals surface area contributed by atoms with Crippen LogP contribution < -0.4 is 10.6 Å². The molecular weight excluding hydrogens is 240 g/mol. The fraction of sp³-hybridized carbons (Fsp3) is 0.533. The van der Waals surface area contributed by atoms with Crippen LogP contribution in [0.5, 0.6) is 0 Å². The van der Waals surface area contributed by atoms with Crippen molar-refractivity contribution in [2.45, 2.75) is 38.3 Å². The Morgan fingerprint density at radius 1 is 1.17 bits per heavy atom. The van der Waals surface area contributed by atoms with Gasteiger partial charge in [0.25, 0.3) is 0 Å². The van der Waals surface area contributed by atoms with Gasteiger partial charge in [-0.05, 0) is 48.9 Å². The van der Waals surface area contributed by atoms with Crippen LogP contribution in [0.4, 0.5) is 0 Å². The lowest BCUT2D eigenvalue weighted by molar-refractivity contribution is 0.389. The lowest BCUT2D eigenvalue weighted by Crippen LogP contribution is -2.43. The zero-order valence-corrected chi connectivity index (χ0v) is 11.4. The highest BCUT2D eigenvalue weighted by Gasteiger charge is 2.39. The second kappa shape index (κ2) is 5.27. The fourth-order valence-corrected chi connectivity index (χ4v) is 3.64. The monoisotopic (exact) mass is 260 g/mol. The lowest BCUT2D eigenvalue weighted by Gasteiger charge is -2.24. The maximum absolute atomic E-state index is 5.38. The van der Waals surface area contributed by atoms with Gasteiger partial charge in [0.05, 0.1) is 0 Å². The summed E-state index contributed by atoms with van der Waals surface area (Å²) < 4.78 is 0. The van der Waals surface area contributed by atoms with Crippen LogP contribution in [0.3, 0.4) is 0 Å². The van der Waals surface area contributed by atoms with Crippen LogP contribution in [0, 0.1) is 11.8 Å². The number of thiocarbonyl (C=S) groups is 1. The first-order chi connectivity index (χ1) is 8.81.